The molecule has 1 amide bonds. The number of anilines is 1. The number of aryl methyl sites for hydroxylation is 2. The van der Waals surface area contributed by atoms with Crippen LogP contribution in [0.25, 0.3) is 11.3 Å². The van der Waals surface area contributed by atoms with Gasteiger partial charge in [0.2, 0.25) is 5.91 Å². The van der Waals surface area contributed by atoms with Crippen LogP contribution in [0.2, 0.25) is 0 Å². The van der Waals surface area contributed by atoms with Crippen LogP contribution in [-0.4, -0.2) is 20.7 Å². The van der Waals surface area contributed by atoms with Gasteiger partial charge in [-0.2, -0.15) is 5.10 Å². The summed E-state index contributed by atoms with van der Waals surface area (Å²) in [6, 6.07) is 14.9. The summed E-state index contributed by atoms with van der Waals surface area (Å²) in [5.41, 5.74) is 3.43. The summed E-state index contributed by atoms with van der Waals surface area (Å²) < 4.78 is 1.40. The standard InChI is InChI=1S/C23H26N4O2/c1-2-3-6-18-9-11-20(12-10-18)25-22(28)8-5-16-27-23(29)14-13-21(26-27)19-7-4-15-24-17-19/h4,7,9-15,17H,2-3,5-6,8,16H2,1H3,(H,25,28). The molecule has 2 heterocycles. The summed E-state index contributed by atoms with van der Waals surface area (Å²) in [4.78, 5) is 28.3. The molecule has 0 fully saturated rings. The predicted octanol–water partition coefficient (Wildman–Crippen LogP) is 4.07. The molecule has 0 spiro atoms. The molecular weight excluding hydrogens is 364 g/mol. The molecule has 1 aromatic carbocycles. The first-order chi connectivity index (χ1) is 14.2. The second-order valence-electron chi connectivity index (χ2n) is 6.97. The molecule has 0 aliphatic rings. The van der Waals surface area contributed by atoms with E-state index in [-0.39, 0.29) is 11.5 Å². The third-order valence-electron chi connectivity index (χ3n) is 4.65. The highest BCUT2D eigenvalue weighted by Gasteiger charge is 2.06. The summed E-state index contributed by atoms with van der Waals surface area (Å²) in [7, 11) is 0. The zero-order chi connectivity index (χ0) is 20.5. The number of benzene rings is 1. The van der Waals surface area contributed by atoms with Crippen LogP contribution in [0, 0.1) is 0 Å². The normalized spacial score (nSPS) is 10.7. The lowest BCUT2D eigenvalue weighted by Gasteiger charge is -2.08. The SMILES string of the molecule is CCCCc1ccc(NC(=O)CCCn2nc(-c3cccnc3)ccc2=O)cc1. The van der Waals surface area contributed by atoms with Gasteiger partial charge in [0.25, 0.3) is 5.56 Å². The molecule has 3 rings (SSSR count). The fourth-order valence-electron chi connectivity index (χ4n) is 3.03. The van der Waals surface area contributed by atoms with Crippen molar-refractivity contribution in [2.45, 2.75) is 45.6 Å². The van der Waals surface area contributed by atoms with E-state index in [1.807, 2.05) is 24.3 Å². The van der Waals surface area contributed by atoms with Crippen molar-refractivity contribution >= 4 is 11.6 Å². The van der Waals surface area contributed by atoms with Crippen LogP contribution in [0.15, 0.2) is 65.7 Å². The molecule has 0 unspecified atom stereocenters. The minimum Gasteiger partial charge on any atom is -0.326 e. The van der Waals surface area contributed by atoms with Gasteiger partial charge in [0.1, 0.15) is 0 Å². The number of carbonyl (C=O) groups excluding carboxylic acids is 1. The Morgan fingerprint density at radius 2 is 1.90 bits per heavy atom. The number of unbranched alkanes of at least 4 members (excludes halogenated alkanes) is 1. The Morgan fingerprint density at radius 1 is 1.07 bits per heavy atom. The average molecular weight is 390 g/mol. The van der Waals surface area contributed by atoms with Crippen molar-refractivity contribution < 1.29 is 4.79 Å². The molecular formula is C23H26N4O2. The Labute approximate surface area is 170 Å². The molecule has 0 bridgehead atoms. The maximum absolute atomic E-state index is 12.2. The maximum Gasteiger partial charge on any atom is 0.266 e. The minimum absolute atomic E-state index is 0.0669. The van der Waals surface area contributed by atoms with Crippen LogP contribution in [0.3, 0.4) is 0 Å². The van der Waals surface area contributed by atoms with Gasteiger partial charge in [0.05, 0.1) is 5.69 Å². The molecule has 0 radical (unpaired) electrons. The third kappa shape index (κ3) is 6.10. The van der Waals surface area contributed by atoms with Crippen molar-refractivity contribution in [3.63, 3.8) is 0 Å². The van der Waals surface area contributed by atoms with Gasteiger partial charge in [0, 0.05) is 42.7 Å². The predicted molar refractivity (Wildman–Crippen MR) is 115 cm³/mol. The molecule has 6 heteroatoms. The lowest BCUT2D eigenvalue weighted by Crippen LogP contribution is -2.23. The summed E-state index contributed by atoms with van der Waals surface area (Å²) in [6.45, 7) is 2.56. The van der Waals surface area contributed by atoms with E-state index < -0.39 is 0 Å². The molecule has 0 atom stereocenters. The fourth-order valence-corrected chi connectivity index (χ4v) is 3.03. The first kappa shape index (κ1) is 20.5. The van der Waals surface area contributed by atoms with E-state index >= 15 is 0 Å². The van der Waals surface area contributed by atoms with Crippen LogP contribution in [0.1, 0.15) is 38.2 Å². The van der Waals surface area contributed by atoms with E-state index in [4.69, 9.17) is 0 Å². The molecule has 150 valence electrons. The van der Waals surface area contributed by atoms with Crippen molar-refractivity contribution in [2.75, 3.05) is 5.32 Å². The lowest BCUT2D eigenvalue weighted by molar-refractivity contribution is -0.116. The molecule has 0 saturated heterocycles. The zero-order valence-corrected chi connectivity index (χ0v) is 16.7. The highest BCUT2D eigenvalue weighted by molar-refractivity contribution is 5.90. The first-order valence-electron chi connectivity index (χ1n) is 10.0. The van der Waals surface area contributed by atoms with Crippen LogP contribution in [-0.2, 0) is 17.8 Å². The van der Waals surface area contributed by atoms with E-state index in [1.54, 1.807) is 18.5 Å². The van der Waals surface area contributed by atoms with Crippen molar-refractivity contribution in [1.82, 2.24) is 14.8 Å². The Balaban J connectivity index is 1.52. The quantitative estimate of drug-likeness (QED) is 0.598. The van der Waals surface area contributed by atoms with Gasteiger partial charge in [0.15, 0.2) is 0 Å². The van der Waals surface area contributed by atoms with Crippen molar-refractivity contribution in [3.8, 4) is 11.3 Å². The Bertz CT molecular complexity index is 982. The van der Waals surface area contributed by atoms with Crippen molar-refractivity contribution in [1.29, 1.82) is 0 Å². The van der Waals surface area contributed by atoms with E-state index in [2.05, 4.69) is 34.5 Å². The molecule has 29 heavy (non-hydrogen) atoms. The topological polar surface area (TPSA) is 76.9 Å². The van der Waals surface area contributed by atoms with Crippen LogP contribution in [0.4, 0.5) is 5.69 Å². The highest BCUT2D eigenvalue weighted by atomic mass is 16.1. The monoisotopic (exact) mass is 390 g/mol. The Hall–Kier alpha value is -3.28. The summed E-state index contributed by atoms with van der Waals surface area (Å²) in [5, 5.41) is 7.30. The zero-order valence-electron chi connectivity index (χ0n) is 16.7. The van der Waals surface area contributed by atoms with Crippen LogP contribution >= 0.6 is 0 Å². The highest BCUT2D eigenvalue weighted by Crippen LogP contribution is 2.14. The third-order valence-corrected chi connectivity index (χ3v) is 4.65. The minimum atomic E-state index is -0.180. The number of rotatable bonds is 9. The van der Waals surface area contributed by atoms with Crippen LogP contribution in [0.5, 0.6) is 0 Å². The largest absolute Gasteiger partial charge is 0.326 e. The average Bonchev–Trinajstić information content (AvgIpc) is 2.75. The molecule has 0 aliphatic heterocycles. The number of hydrogen-bond donors (Lipinski definition) is 1. The molecule has 1 N–H and O–H groups in total. The summed E-state index contributed by atoms with van der Waals surface area (Å²) >= 11 is 0. The van der Waals surface area contributed by atoms with Gasteiger partial charge in [-0.15, -0.1) is 0 Å². The summed E-state index contributed by atoms with van der Waals surface area (Å²) in [5.74, 6) is -0.0669. The van der Waals surface area contributed by atoms with Crippen LogP contribution < -0.4 is 10.9 Å². The second kappa shape index (κ2) is 10.3. The smallest absolute Gasteiger partial charge is 0.266 e. The van der Waals surface area contributed by atoms with E-state index in [0.717, 1.165) is 17.7 Å². The number of nitrogens with zero attached hydrogens (tertiary/aromatic N) is 3. The van der Waals surface area contributed by atoms with Gasteiger partial charge in [-0.3, -0.25) is 14.6 Å². The number of aromatic nitrogens is 3. The maximum atomic E-state index is 12.2. The lowest BCUT2D eigenvalue weighted by atomic mass is 10.1. The Kier molecular flexibility index (Phi) is 7.28. The fraction of sp³-hybridized carbons (Fsp3) is 0.304. The number of amides is 1. The molecule has 6 nitrogen and oxygen atoms in total. The van der Waals surface area contributed by atoms with Crippen molar-refractivity contribution in [2.24, 2.45) is 0 Å². The number of pyridine rings is 1. The Morgan fingerprint density at radius 3 is 2.62 bits per heavy atom. The van der Waals surface area contributed by atoms with Crippen molar-refractivity contribution in [3.05, 3.63) is 76.8 Å². The number of hydrogen-bond acceptors (Lipinski definition) is 4. The molecule has 0 aliphatic carbocycles. The van der Waals surface area contributed by atoms with E-state index in [1.165, 1.54) is 29.2 Å². The van der Waals surface area contributed by atoms with Gasteiger partial charge in [-0.1, -0.05) is 25.5 Å². The van der Waals surface area contributed by atoms with Gasteiger partial charge in [-0.25, -0.2) is 4.68 Å². The number of carbonyl (C=O) groups is 1. The molecule has 3 aromatic rings. The van der Waals surface area contributed by atoms with E-state index in [9.17, 15) is 9.59 Å². The van der Waals surface area contributed by atoms with Gasteiger partial charge >= 0.3 is 0 Å². The van der Waals surface area contributed by atoms with Gasteiger partial charge < -0.3 is 5.32 Å². The molecule has 0 saturated carbocycles. The van der Waals surface area contributed by atoms with Gasteiger partial charge in [-0.05, 0) is 55.2 Å². The summed E-state index contributed by atoms with van der Waals surface area (Å²) in [6.07, 6.45) is 7.65. The first-order valence-corrected chi connectivity index (χ1v) is 10.0. The second-order valence-corrected chi connectivity index (χ2v) is 6.97. The molecule has 2 aromatic heterocycles. The van der Waals surface area contributed by atoms with E-state index in [0.29, 0.717) is 25.1 Å². The number of nitrogens with one attached hydrogen (secondary N) is 1.